The van der Waals surface area contributed by atoms with E-state index in [1.165, 1.54) is 5.56 Å². The molecule has 2 aromatic rings. The van der Waals surface area contributed by atoms with Crippen molar-refractivity contribution in [1.82, 2.24) is 5.32 Å². The number of nitrogens with one attached hydrogen (secondary N) is 1. The average Bonchev–Trinajstić information content (AvgIpc) is 2.95. The Bertz CT molecular complexity index is 556. The Kier molecular flexibility index (Phi) is 4.74. The van der Waals surface area contributed by atoms with Crippen LogP contribution in [0.3, 0.4) is 0 Å². The monoisotopic (exact) mass is 283 g/mol. The van der Waals surface area contributed by atoms with E-state index in [0.29, 0.717) is 5.92 Å². The van der Waals surface area contributed by atoms with E-state index in [1.54, 1.807) is 0 Å². The molecule has 0 saturated carbocycles. The summed E-state index contributed by atoms with van der Waals surface area (Å²) < 4.78 is 11.4. The summed E-state index contributed by atoms with van der Waals surface area (Å²) in [5.41, 5.74) is 1.32. The average molecular weight is 283 g/mol. The molecule has 0 spiro atoms. The van der Waals surface area contributed by atoms with Crippen LogP contribution in [0.2, 0.25) is 0 Å². The SMILES string of the molecule is c1ccc(OCCCNCC2COc3ccccc32)cc1. The first-order chi connectivity index (χ1) is 10.4. The molecule has 3 heteroatoms. The van der Waals surface area contributed by atoms with Gasteiger partial charge < -0.3 is 14.8 Å². The molecule has 1 heterocycles. The van der Waals surface area contributed by atoms with Crippen LogP contribution in [0.5, 0.6) is 11.5 Å². The summed E-state index contributed by atoms with van der Waals surface area (Å²) in [4.78, 5) is 0. The van der Waals surface area contributed by atoms with Crippen molar-refractivity contribution in [1.29, 1.82) is 0 Å². The summed E-state index contributed by atoms with van der Waals surface area (Å²) in [5, 5.41) is 3.49. The zero-order chi connectivity index (χ0) is 14.3. The van der Waals surface area contributed by atoms with Gasteiger partial charge in [0.25, 0.3) is 0 Å². The predicted octanol–water partition coefficient (Wildman–Crippen LogP) is 3.22. The molecule has 21 heavy (non-hydrogen) atoms. The molecular weight excluding hydrogens is 262 g/mol. The zero-order valence-corrected chi connectivity index (χ0v) is 12.1. The molecule has 0 bridgehead atoms. The lowest BCUT2D eigenvalue weighted by atomic mass is 10.0. The molecule has 0 radical (unpaired) electrons. The van der Waals surface area contributed by atoms with Gasteiger partial charge in [-0.1, -0.05) is 36.4 Å². The van der Waals surface area contributed by atoms with E-state index >= 15 is 0 Å². The molecule has 1 aliphatic heterocycles. The topological polar surface area (TPSA) is 30.5 Å². The first-order valence-electron chi connectivity index (χ1n) is 7.54. The quantitative estimate of drug-likeness (QED) is 0.791. The van der Waals surface area contributed by atoms with Gasteiger partial charge in [-0.15, -0.1) is 0 Å². The number of benzene rings is 2. The molecule has 1 N–H and O–H groups in total. The number of rotatable bonds is 7. The van der Waals surface area contributed by atoms with Crippen LogP contribution in [-0.2, 0) is 0 Å². The summed E-state index contributed by atoms with van der Waals surface area (Å²) in [7, 11) is 0. The van der Waals surface area contributed by atoms with Gasteiger partial charge in [-0.2, -0.15) is 0 Å². The molecule has 2 aromatic carbocycles. The maximum absolute atomic E-state index is 5.68. The number of ether oxygens (including phenoxy) is 2. The van der Waals surface area contributed by atoms with Crippen molar-refractivity contribution in [3.8, 4) is 11.5 Å². The van der Waals surface area contributed by atoms with Crippen LogP contribution in [0, 0.1) is 0 Å². The lowest BCUT2D eigenvalue weighted by Crippen LogP contribution is -2.24. The van der Waals surface area contributed by atoms with Crippen molar-refractivity contribution >= 4 is 0 Å². The van der Waals surface area contributed by atoms with Crippen molar-refractivity contribution in [2.45, 2.75) is 12.3 Å². The normalized spacial score (nSPS) is 16.3. The highest BCUT2D eigenvalue weighted by molar-refractivity contribution is 5.39. The maximum atomic E-state index is 5.68. The van der Waals surface area contributed by atoms with Crippen LogP contribution in [0.1, 0.15) is 17.9 Å². The molecule has 0 fully saturated rings. The first kappa shape index (κ1) is 14.0. The Labute approximate surface area is 125 Å². The fraction of sp³-hybridized carbons (Fsp3) is 0.333. The number of para-hydroxylation sites is 2. The van der Waals surface area contributed by atoms with Crippen molar-refractivity contribution in [3.05, 3.63) is 60.2 Å². The fourth-order valence-electron chi connectivity index (χ4n) is 2.58. The molecule has 1 aliphatic rings. The van der Waals surface area contributed by atoms with Gasteiger partial charge in [0, 0.05) is 18.0 Å². The Balaban J connectivity index is 1.33. The third-order valence-corrected chi connectivity index (χ3v) is 3.70. The molecule has 1 atom stereocenters. The van der Waals surface area contributed by atoms with E-state index in [1.807, 2.05) is 42.5 Å². The van der Waals surface area contributed by atoms with Gasteiger partial charge in [-0.25, -0.2) is 0 Å². The molecule has 110 valence electrons. The van der Waals surface area contributed by atoms with Crippen LogP contribution >= 0.6 is 0 Å². The summed E-state index contributed by atoms with van der Waals surface area (Å²) >= 11 is 0. The van der Waals surface area contributed by atoms with Crippen LogP contribution in [0.4, 0.5) is 0 Å². The minimum absolute atomic E-state index is 0.469. The van der Waals surface area contributed by atoms with Crippen molar-refractivity contribution in [2.24, 2.45) is 0 Å². The second kappa shape index (κ2) is 7.14. The van der Waals surface area contributed by atoms with Crippen LogP contribution in [-0.4, -0.2) is 26.3 Å². The molecule has 1 unspecified atom stereocenters. The van der Waals surface area contributed by atoms with E-state index in [-0.39, 0.29) is 0 Å². The van der Waals surface area contributed by atoms with Gasteiger partial charge in [-0.05, 0) is 31.2 Å². The third-order valence-electron chi connectivity index (χ3n) is 3.70. The van der Waals surface area contributed by atoms with E-state index in [4.69, 9.17) is 9.47 Å². The second-order valence-corrected chi connectivity index (χ2v) is 5.26. The highest BCUT2D eigenvalue weighted by Gasteiger charge is 2.22. The summed E-state index contributed by atoms with van der Waals surface area (Å²) in [6.45, 7) is 3.45. The van der Waals surface area contributed by atoms with Gasteiger partial charge >= 0.3 is 0 Å². The smallest absolute Gasteiger partial charge is 0.122 e. The highest BCUT2D eigenvalue weighted by atomic mass is 16.5. The van der Waals surface area contributed by atoms with Gasteiger partial charge in [0.05, 0.1) is 13.2 Å². The maximum Gasteiger partial charge on any atom is 0.122 e. The Morgan fingerprint density at radius 2 is 1.86 bits per heavy atom. The summed E-state index contributed by atoms with van der Waals surface area (Å²) in [6.07, 6.45) is 1.00. The van der Waals surface area contributed by atoms with Gasteiger partial charge in [-0.3, -0.25) is 0 Å². The van der Waals surface area contributed by atoms with Crippen LogP contribution in [0.15, 0.2) is 54.6 Å². The molecule has 0 aliphatic carbocycles. The van der Waals surface area contributed by atoms with Crippen molar-refractivity contribution in [3.63, 3.8) is 0 Å². The molecule has 0 saturated heterocycles. The number of hydrogen-bond acceptors (Lipinski definition) is 3. The lowest BCUT2D eigenvalue weighted by Gasteiger charge is -2.11. The van der Waals surface area contributed by atoms with Crippen LogP contribution in [0.25, 0.3) is 0 Å². The zero-order valence-electron chi connectivity index (χ0n) is 12.1. The first-order valence-corrected chi connectivity index (χ1v) is 7.54. The van der Waals surface area contributed by atoms with Crippen LogP contribution < -0.4 is 14.8 Å². The highest BCUT2D eigenvalue weighted by Crippen LogP contribution is 2.32. The predicted molar refractivity (Wildman–Crippen MR) is 84.1 cm³/mol. The third kappa shape index (κ3) is 3.76. The van der Waals surface area contributed by atoms with Crippen molar-refractivity contribution in [2.75, 3.05) is 26.3 Å². The fourth-order valence-corrected chi connectivity index (χ4v) is 2.58. The summed E-state index contributed by atoms with van der Waals surface area (Å²) in [6, 6.07) is 18.3. The van der Waals surface area contributed by atoms with Gasteiger partial charge in [0.2, 0.25) is 0 Å². The minimum Gasteiger partial charge on any atom is -0.494 e. The molecule has 0 amide bonds. The van der Waals surface area contributed by atoms with Gasteiger partial charge in [0.1, 0.15) is 11.5 Å². The second-order valence-electron chi connectivity index (χ2n) is 5.26. The molecule has 0 aromatic heterocycles. The lowest BCUT2D eigenvalue weighted by molar-refractivity contribution is 0.303. The van der Waals surface area contributed by atoms with E-state index < -0.39 is 0 Å². The molecular formula is C18H21NO2. The minimum atomic E-state index is 0.469. The van der Waals surface area contributed by atoms with Crippen molar-refractivity contribution < 1.29 is 9.47 Å². The van der Waals surface area contributed by atoms with Gasteiger partial charge in [0.15, 0.2) is 0 Å². The van der Waals surface area contributed by atoms with E-state index in [9.17, 15) is 0 Å². The molecule has 3 rings (SSSR count). The standard InChI is InChI=1S/C18H21NO2/c1-2-7-16(8-3-1)20-12-6-11-19-13-15-14-21-18-10-5-4-9-17(15)18/h1-5,7-10,15,19H,6,11-14H2. The largest absolute Gasteiger partial charge is 0.494 e. The Hall–Kier alpha value is -2.00. The Morgan fingerprint density at radius 1 is 1.05 bits per heavy atom. The van der Waals surface area contributed by atoms with E-state index in [2.05, 4.69) is 17.4 Å². The molecule has 3 nitrogen and oxygen atoms in total. The summed E-state index contributed by atoms with van der Waals surface area (Å²) in [5.74, 6) is 2.45. The number of fused-ring (bicyclic) bond motifs is 1. The van der Waals surface area contributed by atoms with E-state index in [0.717, 1.165) is 44.2 Å². The number of hydrogen-bond donors (Lipinski definition) is 1. The Morgan fingerprint density at radius 3 is 2.76 bits per heavy atom.